The van der Waals surface area contributed by atoms with Gasteiger partial charge in [0, 0.05) is 11.4 Å². The van der Waals surface area contributed by atoms with E-state index in [4.69, 9.17) is 21.7 Å². The zero-order valence-corrected chi connectivity index (χ0v) is 13.6. The van der Waals surface area contributed by atoms with Gasteiger partial charge in [-0.25, -0.2) is 0 Å². The number of ether oxygens (including phenoxy) is 2. The van der Waals surface area contributed by atoms with Crippen molar-refractivity contribution in [1.82, 2.24) is 0 Å². The van der Waals surface area contributed by atoms with Crippen molar-refractivity contribution in [2.24, 2.45) is 0 Å². The Labute approximate surface area is 173 Å². The van der Waals surface area contributed by atoms with Crippen LogP contribution in [0.5, 0.6) is 11.5 Å². The van der Waals surface area contributed by atoms with Gasteiger partial charge in [0.05, 0.1) is 13.2 Å². The van der Waals surface area contributed by atoms with Crippen molar-refractivity contribution in [3.63, 3.8) is 0 Å². The molecule has 0 aliphatic rings. The van der Waals surface area contributed by atoms with Gasteiger partial charge < -0.3 is 20.1 Å². The van der Waals surface area contributed by atoms with Crippen molar-refractivity contribution in [3.8, 4) is 11.5 Å². The Hall–Kier alpha value is -1.08. The maximum atomic E-state index is 5.40. The third-order valence-electron chi connectivity index (χ3n) is 2.85. The molecule has 0 amide bonds. The molecule has 7 heteroatoms. The standard InChI is InChI=1S/C17H20N2O2S.2Li.2H/c1-3-20-15-9-5-13(6-10-15)18-17(22)19-14-7-11-16(12-8-14)21-4-2;;;;/h5-12H,3-4H2,1-2H3,(H2,18,19,22);;;;. The fourth-order valence-corrected chi connectivity index (χ4v) is 2.13. The van der Waals surface area contributed by atoms with Crippen LogP contribution in [0.1, 0.15) is 13.8 Å². The van der Waals surface area contributed by atoms with Gasteiger partial charge in [-0.2, -0.15) is 0 Å². The summed E-state index contributed by atoms with van der Waals surface area (Å²) < 4.78 is 10.8. The second-order valence-corrected chi connectivity index (χ2v) is 4.90. The molecule has 0 saturated carbocycles. The molecule has 0 aromatic heterocycles. The second kappa shape index (κ2) is 12.3. The Bertz CT molecular complexity index is 553. The first kappa shape index (κ1) is 22.9. The summed E-state index contributed by atoms with van der Waals surface area (Å²) in [5.74, 6) is 1.69. The zero-order valence-electron chi connectivity index (χ0n) is 12.8. The van der Waals surface area contributed by atoms with Gasteiger partial charge in [0.2, 0.25) is 0 Å². The van der Waals surface area contributed by atoms with E-state index in [0.29, 0.717) is 18.3 Å². The Morgan fingerprint density at radius 3 is 1.38 bits per heavy atom. The molecule has 0 aliphatic carbocycles. The molecule has 0 bridgehead atoms. The van der Waals surface area contributed by atoms with Gasteiger partial charge in [-0.05, 0) is 74.6 Å². The molecule has 120 valence electrons. The molecule has 2 aromatic carbocycles. The second-order valence-electron chi connectivity index (χ2n) is 4.49. The predicted octanol–water partition coefficient (Wildman–Crippen LogP) is 3.00. The molecule has 2 N–H and O–H groups in total. The number of hydrogen-bond donors (Lipinski definition) is 2. The minimum atomic E-state index is 0. The van der Waals surface area contributed by atoms with E-state index in [0.717, 1.165) is 22.9 Å². The van der Waals surface area contributed by atoms with Crippen LogP contribution in [-0.4, -0.2) is 56.0 Å². The van der Waals surface area contributed by atoms with Crippen LogP contribution in [0, 0.1) is 0 Å². The number of thiocarbonyl (C=S) groups is 1. The molecule has 24 heavy (non-hydrogen) atoms. The van der Waals surface area contributed by atoms with Gasteiger partial charge in [-0.1, -0.05) is 0 Å². The summed E-state index contributed by atoms with van der Waals surface area (Å²) in [6.45, 7) is 5.24. The van der Waals surface area contributed by atoms with E-state index in [1.807, 2.05) is 62.4 Å². The summed E-state index contributed by atoms with van der Waals surface area (Å²) in [5, 5.41) is 6.80. The zero-order chi connectivity index (χ0) is 15.8. The van der Waals surface area contributed by atoms with Crippen LogP contribution < -0.4 is 20.1 Å². The van der Waals surface area contributed by atoms with E-state index >= 15 is 0 Å². The fraction of sp³-hybridized carbons (Fsp3) is 0.235. The molecule has 0 spiro atoms. The number of nitrogens with one attached hydrogen (secondary N) is 2. The van der Waals surface area contributed by atoms with Crippen molar-refractivity contribution in [2.45, 2.75) is 13.8 Å². The molecule has 0 radical (unpaired) electrons. The van der Waals surface area contributed by atoms with Crippen LogP contribution in [0.25, 0.3) is 0 Å². The molecular formula is C17H22Li2N2O2S. The topological polar surface area (TPSA) is 42.5 Å². The predicted molar refractivity (Wildman–Crippen MR) is 109 cm³/mol. The van der Waals surface area contributed by atoms with E-state index < -0.39 is 0 Å². The van der Waals surface area contributed by atoms with Gasteiger partial charge in [-0.15, -0.1) is 0 Å². The quantitative estimate of drug-likeness (QED) is 0.629. The molecule has 0 unspecified atom stereocenters. The third kappa shape index (κ3) is 7.66. The summed E-state index contributed by atoms with van der Waals surface area (Å²) in [4.78, 5) is 0. The number of benzene rings is 2. The molecule has 2 rings (SSSR count). The summed E-state index contributed by atoms with van der Waals surface area (Å²) in [6.07, 6.45) is 0. The number of anilines is 2. The molecule has 0 atom stereocenters. The van der Waals surface area contributed by atoms with E-state index in [1.165, 1.54) is 0 Å². The van der Waals surface area contributed by atoms with E-state index in [2.05, 4.69) is 10.6 Å². The Kier molecular flexibility index (Phi) is 11.8. The summed E-state index contributed by atoms with van der Waals surface area (Å²) in [6, 6.07) is 15.3. The van der Waals surface area contributed by atoms with Crippen LogP contribution >= 0.6 is 12.2 Å². The number of hydrogen-bond acceptors (Lipinski definition) is 3. The molecule has 0 heterocycles. The fourth-order valence-electron chi connectivity index (χ4n) is 1.90. The van der Waals surface area contributed by atoms with Crippen LogP contribution in [0.15, 0.2) is 48.5 Å². The summed E-state index contributed by atoms with van der Waals surface area (Å²) in [5.41, 5.74) is 1.82. The molecule has 0 aliphatic heterocycles. The van der Waals surface area contributed by atoms with Gasteiger partial charge in [0.1, 0.15) is 11.5 Å². The first-order chi connectivity index (χ1) is 10.7. The van der Waals surface area contributed by atoms with Crippen LogP contribution in [0.3, 0.4) is 0 Å². The molecule has 2 aromatic rings. The molecule has 0 saturated heterocycles. The van der Waals surface area contributed by atoms with Crippen molar-refractivity contribution >= 4 is 66.4 Å². The van der Waals surface area contributed by atoms with Crippen molar-refractivity contribution < 1.29 is 9.47 Å². The summed E-state index contributed by atoms with van der Waals surface area (Å²) >= 11 is 5.30. The van der Waals surface area contributed by atoms with E-state index in [1.54, 1.807) is 0 Å². The van der Waals surface area contributed by atoms with Gasteiger partial charge in [0.25, 0.3) is 0 Å². The first-order valence-electron chi connectivity index (χ1n) is 7.25. The van der Waals surface area contributed by atoms with Gasteiger partial charge >= 0.3 is 37.7 Å². The average Bonchev–Trinajstić information content (AvgIpc) is 2.52. The van der Waals surface area contributed by atoms with Gasteiger partial charge in [-0.3, -0.25) is 0 Å². The SMILES string of the molecule is CCOc1ccc(NC(=S)Nc2ccc(OCC)cc2)cc1.[LiH].[LiH]. The Morgan fingerprint density at radius 1 is 0.750 bits per heavy atom. The number of rotatable bonds is 6. The normalized spacial score (nSPS) is 9.08. The van der Waals surface area contributed by atoms with Crippen molar-refractivity contribution in [2.75, 3.05) is 23.8 Å². The molecular weight excluding hydrogens is 310 g/mol. The van der Waals surface area contributed by atoms with Gasteiger partial charge in [0.15, 0.2) is 5.11 Å². The minimum absolute atomic E-state index is 0. The molecule has 0 fully saturated rings. The average molecular weight is 332 g/mol. The Morgan fingerprint density at radius 2 is 1.08 bits per heavy atom. The van der Waals surface area contributed by atoms with E-state index in [9.17, 15) is 0 Å². The van der Waals surface area contributed by atoms with Crippen LogP contribution in [0.2, 0.25) is 0 Å². The third-order valence-corrected chi connectivity index (χ3v) is 3.05. The van der Waals surface area contributed by atoms with E-state index in [-0.39, 0.29) is 37.7 Å². The Balaban J connectivity index is 0.00000264. The molecule has 4 nitrogen and oxygen atoms in total. The van der Waals surface area contributed by atoms with Crippen LogP contribution in [0.4, 0.5) is 11.4 Å². The summed E-state index contributed by atoms with van der Waals surface area (Å²) in [7, 11) is 0. The van der Waals surface area contributed by atoms with Crippen molar-refractivity contribution in [3.05, 3.63) is 48.5 Å². The van der Waals surface area contributed by atoms with Crippen molar-refractivity contribution in [1.29, 1.82) is 0 Å². The first-order valence-corrected chi connectivity index (χ1v) is 7.65. The monoisotopic (exact) mass is 332 g/mol. The van der Waals surface area contributed by atoms with Crippen LogP contribution in [-0.2, 0) is 0 Å². The maximum absolute atomic E-state index is 5.40.